The van der Waals surface area contributed by atoms with Gasteiger partial charge in [0.25, 0.3) is 0 Å². The van der Waals surface area contributed by atoms with Crippen molar-refractivity contribution >= 4 is 29.4 Å². The number of nitrogens with one attached hydrogen (secondary N) is 1. The molecule has 0 aliphatic rings. The molecule has 122 valence electrons. The molecule has 0 saturated heterocycles. The highest BCUT2D eigenvalue weighted by atomic mass is 35.5. The third-order valence-electron chi connectivity index (χ3n) is 2.60. The average Bonchev–Trinajstić information content (AvgIpc) is 2.38. The average molecular weight is 330 g/mol. The maximum atomic E-state index is 11.8. The number of hydrogen-bond donors (Lipinski definition) is 2. The lowest BCUT2D eigenvalue weighted by Gasteiger charge is -2.20. The first-order valence-electron chi connectivity index (χ1n) is 6.66. The molecule has 0 fully saturated rings. The van der Waals surface area contributed by atoms with E-state index in [1.165, 1.54) is 19.2 Å². The van der Waals surface area contributed by atoms with Crippen LogP contribution in [-0.2, 0) is 14.3 Å². The lowest BCUT2D eigenvalue weighted by molar-refractivity contribution is -0.142. The third kappa shape index (κ3) is 5.91. The van der Waals surface area contributed by atoms with Gasteiger partial charge < -0.3 is 14.6 Å². The van der Waals surface area contributed by atoms with Gasteiger partial charge in [-0.05, 0) is 38.5 Å². The minimum absolute atomic E-state index is 0.190. The molecule has 2 N–H and O–H groups in total. The number of ether oxygens (including phenoxy) is 2. The van der Waals surface area contributed by atoms with Crippen LogP contribution in [0.1, 0.15) is 38.9 Å². The van der Waals surface area contributed by atoms with Crippen molar-refractivity contribution in [2.75, 3.05) is 12.4 Å². The Labute approximate surface area is 134 Å². The smallest absolute Gasteiger partial charge is 0.412 e. The summed E-state index contributed by atoms with van der Waals surface area (Å²) >= 11 is 6.01. The Morgan fingerprint density at radius 3 is 2.55 bits per heavy atom. The molecule has 0 spiro atoms. The summed E-state index contributed by atoms with van der Waals surface area (Å²) in [6.07, 6.45) is -1.90. The molecule has 0 saturated carbocycles. The van der Waals surface area contributed by atoms with Gasteiger partial charge in [-0.1, -0.05) is 17.7 Å². The summed E-state index contributed by atoms with van der Waals surface area (Å²) in [6.45, 7) is 5.22. The minimum atomic E-state index is -1.05. The van der Waals surface area contributed by atoms with E-state index in [0.29, 0.717) is 10.6 Å². The zero-order valence-electron chi connectivity index (χ0n) is 13.0. The molecular formula is C15H20ClNO5. The number of hydrogen-bond acceptors (Lipinski definition) is 5. The molecule has 1 atom stereocenters. The number of methoxy groups -OCH3 is 1. The Morgan fingerprint density at radius 2 is 2.00 bits per heavy atom. The van der Waals surface area contributed by atoms with Crippen LogP contribution in [0.15, 0.2) is 18.2 Å². The van der Waals surface area contributed by atoms with Crippen LogP contribution in [0.3, 0.4) is 0 Å². The lowest BCUT2D eigenvalue weighted by Crippen LogP contribution is -2.27. The van der Waals surface area contributed by atoms with Gasteiger partial charge in [-0.15, -0.1) is 0 Å². The number of rotatable bonds is 4. The van der Waals surface area contributed by atoms with Crippen LogP contribution in [0.5, 0.6) is 0 Å². The van der Waals surface area contributed by atoms with Gasteiger partial charge in [0.05, 0.1) is 30.3 Å². The normalized spacial score (nSPS) is 12.5. The quantitative estimate of drug-likeness (QED) is 0.828. The van der Waals surface area contributed by atoms with Crippen molar-refractivity contribution in [2.45, 2.75) is 38.9 Å². The van der Waals surface area contributed by atoms with Crippen molar-refractivity contribution in [3.05, 3.63) is 28.8 Å². The molecule has 0 aromatic heterocycles. The highest BCUT2D eigenvalue weighted by molar-refractivity contribution is 6.33. The van der Waals surface area contributed by atoms with Crippen molar-refractivity contribution in [1.29, 1.82) is 0 Å². The van der Waals surface area contributed by atoms with Crippen LogP contribution >= 0.6 is 11.6 Å². The van der Waals surface area contributed by atoms with Gasteiger partial charge in [-0.25, -0.2) is 4.79 Å². The molecule has 0 unspecified atom stereocenters. The molecule has 7 heteroatoms. The molecule has 1 aromatic carbocycles. The Bertz CT molecular complexity index is 553. The van der Waals surface area contributed by atoms with Crippen molar-refractivity contribution in [1.82, 2.24) is 0 Å². The van der Waals surface area contributed by atoms with Gasteiger partial charge in [0.2, 0.25) is 0 Å². The third-order valence-corrected chi connectivity index (χ3v) is 2.93. The van der Waals surface area contributed by atoms with E-state index in [4.69, 9.17) is 16.3 Å². The molecule has 0 bridgehead atoms. The number of carbonyl (C=O) groups excluding carboxylic acids is 2. The van der Waals surface area contributed by atoms with E-state index in [-0.39, 0.29) is 12.1 Å². The van der Waals surface area contributed by atoms with Gasteiger partial charge in [0.15, 0.2) is 0 Å². The molecule has 0 aliphatic carbocycles. The van der Waals surface area contributed by atoms with Gasteiger partial charge in [0.1, 0.15) is 5.60 Å². The number of aliphatic hydroxyl groups excluding tert-OH is 1. The first kappa shape index (κ1) is 18.3. The molecule has 1 amide bonds. The molecular weight excluding hydrogens is 310 g/mol. The number of halogens is 1. The highest BCUT2D eigenvalue weighted by Gasteiger charge is 2.19. The number of amides is 1. The zero-order chi connectivity index (χ0) is 16.9. The van der Waals surface area contributed by atoms with Crippen LogP contribution in [0.2, 0.25) is 5.02 Å². The summed E-state index contributed by atoms with van der Waals surface area (Å²) in [6, 6.07) is 4.57. The Balaban J connectivity index is 2.86. The molecule has 0 aliphatic heterocycles. The van der Waals surface area contributed by atoms with Gasteiger partial charge in [-0.3, -0.25) is 10.1 Å². The predicted molar refractivity (Wildman–Crippen MR) is 82.9 cm³/mol. The number of anilines is 1. The Kier molecular flexibility index (Phi) is 6.20. The van der Waals surface area contributed by atoms with Crippen LogP contribution < -0.4 is 5.32 Å². The molecule has 0 heterocycles. The summed E-state index contributed by atoms with van der Waals surface area (Å²) < 4.78 is 9.63. The fraction of sp³-hybridized carbons (Fsp3) is 0.467. The Morgan fingerprint density at radius 1 is 1.36 bits per heavy atom. The number of aliphatic hydroxyl groups is 1. The summed E-state index contributed by atoms with van der Waals surface area (Å²) in [5.41, 5.74) is 0.0802. The molecule has 0 radical (unpaired) electrons. The maximum Gasteiger partial charge on any atom is 0.412 e. The van der Waals surface area contributed by atoms with Crippen LogP contribution in [0.25, 0.3) is 0 Å². The second kappa shape index (κ2) is 7.47. The zero-order valence-corrected chi connectivity index (χ0v) is 13.7. The number of benzene rings is 1. The van der Waals surface area contributed by atoms with E-state index in [0.717, 1.165) is 0 Å². The second-order valence-electron chi connectivity index (χ2n) is 5.66. The van der Waals surface area contributed by atoms with Crippen LogP contribution in [-0.4, -0.2) is 29.9 Å². The predicted octanol–water partition coefficient (Wildman–Crippen LogP) is 3.28. The minimum Gasteiger partial charge on any atom is -0.469 e. The molecule has 1 aromatic rings. The Hall–Kier alpha value is -1.79. The van der Waals surface area contributed by atoms with Crippen LogP contribution in [0, 0.1) is 0 Å². The number of carbonyl (C=O) groups is 2. The summed E-state index contributed by atoms with van der Waals surface area (Å²) in [4.78, 5) is 22.9. The fourth-order valence-electron chi connectivity index (χ4n) is 1.62. The van der Waals surface area contributed by atoms with Gasteiger partial charge in [0, 0.05) is 0 Å². The van der Waals surface area contributed by atoms with Gasteiger partial charge in [-0.2, -0.15) is 0 Å². The lowest BCUT2D eigenvalue weighted by atomic mass is 10.1. The fourth-order valence-corrected chi connectivity index (χ4v) is 1.78. The largest absolute Gasteiger partial charge is 0.469 e. The van der Waals surface area contributed by atoms with Crippen LogP contribution in [0.4, 0.5) is 10.5 Å². The monoisotopic (exact) mass is 329 g/mol. The highest BCUT2D eigenvalue weighted by Crippen LogP contribution is 2.28. The van der Waals surface area contributed by atoms with E-state index in [1.54, 1.807) is 26.8 Å². The molecule has 6 nitrogen and oxygen atoms in total. The van der Waals surface area contributed by atoms with E-state index < -0.39 is 23.8 Å². The summed E-state index contributed by atoms with van der Waals surface area (Å²) in [5.74, 6) is -0.538. The van der Waals surface area contributed by atoms with E-state index >= 15 is 0 Å². The van der Waals surface area contributed by atoms with Crippen molar-refractivity contribution in [3.63, 3.8) is 0 Å². The first-order valence-corrected chi connectivity index (χ1v) is 7.04. The SMILES string of the molecule is COC(=O)C[C@@H](O)c1ccc(Cl)c(NC(=O)OC(C)(C)C)c1. The maximum absolute atomic E-state index is 11.8. The first-order chi connectivity index (χ1) is 10.1. The number of esters is 1. The van der Waals surface area contributed by atoms with Gasteiger partial charge >= 0.3 is 12.1 Å². The van der Waals surface area contributed by atoms with Crippen molar-refractivity contribution in [2.24, 2.45) is 0 Å². The topological polar surface area (TPSA) is 84.9 Å². The summed E-state index contributed by atoms with van der Waals surface area (Å²) in [7, 11) is 1.24. The van der Waals surface area contributed by atoms with Crippen molar-refractivity contribution < 1.29 is 24.2 Å². The summed E-state index contributed by atoms with van der Waals surface area (Å²) in [5, 5.41) is 12.8. The van der Waals surface area contributed by atoms with E-state index in [1.807, 2.05) is 0 Å². The molecule has 1 rings (SSSR count). The standard InChI is InChI=1S/C15H20ClNO5/c1-15(2,3)22-14(20)17-11-7-9(5-6-10(11)16)12(18)8-13(19)21-4/h5-7,12,18H,8H2,1-4H3,(H,17,20)/t12-/m1/s1. The molecule has 22 heavy (non-hydrogen) atoms. The van der Waals surface area contributed by atoms with E-state index in [9.17, 15) is 14.7 Å². The van der Waals surface area contributed by atoms with E-state index in [2.05, 4.69) is 10.1 Å². The second-order valence-corrected chi connectivity index (χ2v) is 6.07. The van der Waals surface area contributed by atoms with Crippen molar-refractivity contribution in [3.8, 4) is 0 Å².